The number of hydrogen-bond acceptors (Lipinski definition) is 2. The number of rotatable bonds is 1. The van der Waals surface area contributed by atoms with Gasteiger partial charge in [0, 0.05) is 23.8 Å². The zero-order valence-corrected chi connectivity index (χ0v) is 12.2. The summed E-state index contributed by atoms with van der Waals surface area (Å²) < 4.78 is 1.24. The first-order chi connectivity index (χ1) is 8.34. The summed E-state index contributed by atoms with van der Waals surface area (Å²) in [6.07, 6.45) is 4.84. The van der Waals surface area contributed by atoms with Crippen LogP contribution >= 0.6 is 28.3 Å². The molecule has 2 heterocycles. The summed E-state index contributed by atoms with van der Waals surface area (Å²) in [6.45, 7) is 2.03. The van der Waals surface area contributed by atoms with Gasteiger partial charge >= 0.3 is 0 Å². The third kappa shape index (κ3) is 2.52. The molecule has 2 nitrogen and oxygen atoms in total. The number of hydrogen-bond donors (Lipinski definition) is 0. The highest BCUT2D eigenvalue weighted by atomic mass is 79.9. The van der Waals surface area contributed by atoms with Crippen LogP contribution in [0.5, 0.6) is 0 Å². The molecule has 0 saturated carbocycles. The summed E-state index contributed by atoms with van der Waals surface area (Å²) >= 11 is 3.63. The number of nitrogens with zero attached hydrogens (tertiary/aromatic N) is 2. The molecular formula is C14H14BrClN2. The van der Waals surface area contributed by atoms with Crippen molar-refractivity contribution in [3.8, 4) is 0 Å². The second-order valence-corrected chi connectivity index (χ2v) is 5.11. The van der Waals surface area contributed by atoms with E-state index in [0.717, 1.165) is 19.5 Å². The van der Waals surface area contributed by atoms with Gasteiger partial charge in [-0.1, -0.05) is 28.1 Å². The molecule has 0 atom stereocenters. The van der Waals surface area contributed by atoms with E-state index in [0.29, 0.717) is 0 Å². The minimum atomic E-state index is 0. The molecule has 4 heteroatoms. The van der Waals surface area contributed by atoms with Gasteiger partial charge in [0.25, 0.3) is 0 Å². The molecule has 0 N–H and O–H groups in total. The Morgan fingerprint density at radius 3 is 2.83 bits per heavy atom. The van der Waals surface area contributed by atoms with Crippen molar-refractivity contribution in [2.75, 3.05) is 11.4 Å². The van der Waals surface area contributed by atoms with Gasteiger partial charge in [-0.25, -0.2) is 0 Å². The van der Waals surface area contributed by atoms with E-state index < -0.39 is 0 Å². The third-order valence-electron chi connectivity index (χ3n) is 3.22. The first kappa shape index (κ1) is 13.4. The average Bonchev–Trinajstić information content (AvgIpc) is 2.40. The van der Waals surface area contributed by atoms with Crippen LogP contribution in [0.25, 0.3) is 0 Å². The molecular weight excluding hydrogens is 312 g/mol. The van der Waals surface area contributed by atoms with Crippen LogP contribution in [0.1, 0.15) is 11.1 Å². The van der Waals surface area contributed by atoms with Gasteiger partial charge < -0.3 is 4.90 Å². The van der Waals surface area contributed by atoms with Crippen molar-refractivity contribution in [3.05, 3.63) is 58.3 Å². The Balaban J connectivity index is 0.00000120. The molecule has 94 valence electrons. The van der Waals surface area contributed by atoms with Gasteiger partial charge in [0.1, 0.15) is 0 Å². The van der Waals surface area contributed by atoms with E-state index >= 15 is 0 Å². The Kier molecular flexibility index (Phi) is 4.25. The van der Waals surface area contributed by atoms with Crippen LogP contribution in [0.3, 0.4) is 0 Å². The van der Waals surface area contributed by atoms with Crippen molar-refractivity contribution in [2.45, 2.75) is 13.0 Å². The Morgan fingerprint density at radius 1 is 1.17 bits per heavy atom. The standard InChI is InChI=1S/C14H13BrN2.ClH/c15-14-5-1-3-11-10-17(8-6-13(11)14)12-4-2-7-16-9-12;/h1-5,7,9H,6,8,10H2;1H. The molecule has 0 saturated heterocycles. The predicted octanol–water partition coefficient (Wildman–Crippen LogP) is 3.83. The molecule has 0 amide bonds. The Hall–Kier alpha value is -1.06. The predicted molar refractivity (Wildman–Crippen MR) is 80.4 cm³/mol. The molecule has 1 aromatic heterocycles. The van der Waals surface area contributed by atoms with Gasteiger partial charge in [0.15, 0.2) is 0 Å². The first-order valence-electron chi connectivity index (χ1n) is 5.76. The number of pyridine rings is 1. The average molecular weight is 326 g/mol. The lowest BCUT2D eigenvalue weighted by Gasteiger charge is -2.30. The molecule has 1 aromatic carbocycles. The minimum absolute atomic E-state index is 0. The van der Waals surface area contributed by atoms with Gasteiger partial charge in [-0.3, -0.25) is 4.98 Å². The van der Waals surface area contributed by atoms with Gasteiger partial charge in [0.05, 0.1) is 11.9 Å². The molecule has 1 aliphatic heterocycles. The largest absolute Gasteiger partial charge is 0.366 e. The van der Waals surface area contributed by atoms with Gasteiger partial charge in [-0.05, 0) is 35.7 Å². The summed E-state index contributed by atoms with van der Waals surface area (Å²) in [5.74, 6) is 0. The normalized spacial score (nSPS) is 13.7. The maximum atomic E-state index is 4.18. The van der Waals surface area contributed by atoms with E-state index in [1.54, 1.807) is 0 Å². The smallest absolute Gasteiger partial charge is 0.0555 e. The molecule has 0 unspecified atom stereocenters. The fraction of sp³-hybridized carbons (Fsp3) is 0.214. The van der Waals surface area contributed by atoms with Crippen LogP contribution in [0.4, 0.5) is 5.69 Å². The molecule has 3 rings (SSSR count). The maximum Gasteiger partial charge on any atom is 0.0555 e. The van der Waals surface area contributed by atoms with Crippen molar-refractivity contribution >= 4 is 34.0 Å². The van der Waals surface area contributed by atoms with Crippen LogP contribution in [0.15, 0.2) is 47.2 Å². The summed E-state index contributed by atoms with van der Waals surface area (Å²) in [7, 11) is 0. The Bertz CT molecular complexity index is 531. The van der Waals surface area contributed by atoms with Gasteiger partial charge in [0.2, 0.25) is 0 Å². The van der Waals surface area contributed by atoms with Crippen LogP contribution in [0.2, 0.25) is 0 Å². The second kappa shape index (κ2) is 5.72. The number of halogens is 2. The molecule has 2 aromatic rings. The third-order valence-corrected chi connectivity index (χ3v) is 3.96. The lowest BCUT2D eigenvalue weighted by Crippen LogP contribution is -2.30. The summed E-state index contributed by atoms with van der Waals surface area (Å²) in [6, 6.07) is 10.6. The molecule has 18 heavy (non-hydrogen) atoms. The van der Waals surface area contributed by atoms with Crippen molar-refractivity contribution in [1.29, 1.82) is 0 Å². The fourth-order valence-corrected chi connectivity index (χ4v) is 2.93. The monoisotopic (exact) mass is 324 g/mol. The number of aromatic nitrogens is 1. The Morgan fingerprint density at radius 2 is 2.06 bits per heavy atom. The minimum Gasteiger partial charge on any atom is -0.366 e. The van der Waals surface area contributed by atoms with Crippen molar-refractivity contribution in [2.24, 2.45) is 0 Å². The lowest BCUT2D eigenvalue weighted by atomic mass is 9.99. The summed E-state index contributed by atoms with van der Waals surface area (Å²) in [4.78, 5) is 6.56. The number of anilines is 1. The molecule has 0 radical (unpaired) electrons. The number of fused-ring (bicyclic) bond motifs is 1. The Labute approximate surface area is 122 Å². The van der Waals surface area contributed by atoms with E-state index in [-0.39, 0.29) is 12.4 Å². The van der Waals surface area contributed by atoms with E-state index in [2.05, 4.69) is 50.1 Å². The van der Waals surface area contributed by atoms with Crippen LogP contribution in [-0.4, -0.2) is 11.5 Å². The van der Waals surface area contributed by atoms with Crippen LogP contribution in [0, 0.1) is 0 Å². The van der Waals surface area contributed by atoms with Crippen LogP contribution in [-0.2, 0) is 13.0 Å². The second-order valence-electron chi connectivity index (χ2n) is 4.26. The quantitative estimate of drug-likeness (QED) is 0.792. The van der Waals surface area contributed by atoms with Crippen molar-refractivity contribution < 1.29 is 0 Å². The molecule has 0 bridgehead atoms. The SMILES string of the molecule is Brc1cccc2c1CCN(c1cccnc1)C2.Cl. The van der Waals surface area contributed by atoms with Crippen molar-refractivity contribution in [1.82, 2.24) is 4.98 Å². The summed E-state index contributed by atoms with van der Waals surface area (Å²) in [5.41, 5.74) is 4.07. The zero-order chi connectivity index (χ0) is 11.7. The lowest BCUT2D eigenvalue weighted by molar-refractivity contribution is 0.727. The number of benzene rings is 1. The molecule has 0 spiro atoms. The maximum absolute atomic E-state index is 4.18. The molecule has 0 aliphatic carbocycles. The first-order valence-corrected chi connectivity index (χ1v) is 6.55. The highest BCUT2D eigenvalue weighted by molar-refractivity contribution is 9.10. The molecule has 1 aliphatic rings. The van der Waals surface area contributed by atoms with Gasteiger partial charge in [-0.15, -0.1) is 12.4 Å². The summed E-state index contributed by atoms with van der Waals surface area (Å²) in [5, 5.41) is 0. The molecule has 0 fully saturated rings. The van der Waals surface area contributed by atoms with Crippen LogP contribution < -0.4 is 4.90 Å². The van der Waals surface area contributed by atoms with Gasteiger partial charge in [-0.2, -0.15) is 0 Å². The van der Waals surface area contributed by atoms with E-state index in [1.807, 2.05) is 18.5 Å². The highest BCUT2D eigenvalue weighted by Crippen LogP contribution is 2.28. The topological polar surface area (TPSA) is 16.1 Å². The van der Waals surface area contributed by atoms with E-state index in [1.165, 1.54) is 21.3 Å². The fourth-order valence-electron chi connectivity index (χ4n) is 2.32. The van der Waals surface area contributed by atoms with Crippen molar-refractivity contribution in [3.63, 3.8) is 0 Å². The highest BCUT2D eigenvalue weighted by Gasteiger charge is 2.17. The van der Waals surface area contributed by atoms with E-state index in [9.17, 15) is 0 Å². The van der Waals surface area contributed by atoms with E-state index in [4.69, 9.17) is 0 Å². The zero-order valence-electron chi connectivity index (χ0n) is 9.84.